The predicted molar refractivity (Wildman–Crippen MR) is 112 cm³/mol. The highest BCUT2D eigenvalue weighted by atomic mass is 19.3. The number of ether oxygens (including phenoxy) is 2. The Morgan fingerprint density at radius 2 is 1.37 bits per heavy atom. The average molecular weight is 420 g/mol. The second kappa shape index (κ2) is 10.2. The number of benzene rings is 2. The summed E-state index contributed by atoms with van der Waals surface area (Å²) in [5, 5.41) is 9.71. The predicted octanol–water partition coefficient (Wildman–Crippen LogP) is 4.49. The summed E-state index contributed by atoms with van der Waals surface area (Å²) in [7, 11) is 3.24. The first-order chi connectivity index (χ1) is 14.1. The van der Waals surface area contributed by atoms with Gasteiger partial charge in [-0.15, -0.1) is 0 Å². The Labute approximate surface area is 176 Å². The number of rotatable bonds is 11. The van der Waals surface area contributed by atoms with Gasteiger partial charge in [-0.1, -0.05) is 48.5 Å². The summed E-state index contributed by atoms with van der Waals surface area (Å²) in [5.41, 5.74) is 2.04. The fourth-order valence-electron chi connectivity index (χ4n) is 3.74. The van der Waals surface area contributed by atoms with Gasteiger partial charge >= 0.3 is 5.92 Å². The van der Waals surface area contributed by atoms with E-state index in [9.17, 15) is 18.7 Å². The monoisotopic (exact) mass is 420 g/mol. The summed E-state index contributed by atoms with van der Waals surface area (Å²) < 4.78 is 38.9. The third-order valence-electron chi connectivity index (χ3n) is 5.28. The third kappa shape index (κ3) is 5.94. The molecule has 0 amide bonds. The van der Waals surface area contributed by atoms with Gasteiger partial charge in [0.1, 0.15) is 0 Å². The molecule has 2 aromatic carbocycles. The SMILES string of the molecule is COCC(COC)(Cc1ccc(C(C)O)cc1)Cc1ccc(C(F)(F)C(C)=O)cc1. The smallest absolute Gasteiger partial charge is 0.330 e. The number of methoxy groups -OCH3 is 2. The van der Waals surface area contributed by atoms with Crippen molar-refractivity contribution < 1.29 is 28.2 Å². The second-order valence-electron chi connectivity index (χ2n) is 7.96. The molecule has 0 spiro atoms. The summed E-state index contributed by atoms with van der Waals surface area (Å²) in [6.45, 7) is 3.45. The summed E-state index contributed by atoms with van der Waals surface area (Å²) in [6, 6.07) is 13.6. The van der Waals surface area contributed by atoms with E-state index >= 15 is 0 Å². The zero-order valence-electron chi connectivity index (χ0n) is 18.0. The minimum Gasteiger partial charge on any atom is -0.389 e. The fraction of sp³-hybridized carbons (Fsp3) is 0.458. The molecule has 0 aliphatic heterocycles. The number of carbonyl (C=O) groups excluding carboxylic acids is 1. The molecule has 1 unspecified atom stereocenters. The van der Waals surface area contributed by atoms with Crippen LogP contribution in [0.4, 0.5) is 8.78 Å². The second-order valence-corrected chi connectivity index (χ2v) is 7.96. The Morgan fingerprint density at radius 3 is 1.73 bits per heavy atom. The van der Waals surface area contributed by atoms with Gasteiger partial charge in [0.2, 0.25) is 5.78 Å². The lowest BCUT2D eigenvalue weighted by Crippen LogP contribution is -2.36. The first-order valence-electron chi connectivity index (χ1n) is 9.86. The fourth-order valence-corrected chi connectivity index (χ4v) is 3.74. The highest BCUT2D eigenvalue weighted by Gasteiger charge is 2.37. The summed E-state index contributed by atoms with van der Waals surface area (Å²) in [5.74, 6) is -4.66. The van der Waals surface area contributed by atoms with Crippen LogP contribution in [0.2, 0.25) is 0 Å². The average Bonchev–Trinajstić information content (AvgIpc) is 2.69. The van der Waals surface area contributed by atoms with Crippen LogP contribution in [0.25, 0.3) is 0 Å². The topological polar surface area (TPSA) is 55.8 Å². The molecule has 1 atom stereocenters. The van der Waals surface area contributed by atoms with Gasteiger partial charge < -0.3 is 14.6 Å². The highest BCUT2D eigenvalue weighted by Crippen LogP contribution is 2.32. The highest BCUT2D eigenvalue weighted by molar-refractivity contribution is 5.84. The van der Waals surface area contributed by atoms with E-state index in [-0.39, 0.29) is 5.56 Å². The molecule has 2 rings (SSSR count). The number of hydrogen-bond acceptors (Lipinski definition) is 4. The van der Waals surface area contributed by atoms with Gasteiger partial charge in [-0.3, -0.25) is 4.79 Å². The molecule has 0 saturated carbocycles. The molecule has 1 N–H and O–H groups in total. The molecule has 30 heavy (non-hydrogen) atoms. The molecule has 0 fully saturated rings. The Hall–Kier alpha value is -2.15. The number of halogens is 2. The van der Waals surface area contributed by atoms with E-state index < -0.39 is 23.2 Å². The van der Waals surface area contributed by atoms with Crippen molar-refractivity contribution in [3.63, 3.8) is 0 Å². The summed E-state index contributed by atoms with van der Waals surface area (Å²) in [4.78, 5) is 11.2. The molecule has 0 saturated heterocycles. The molecule has 2 aromatic rings. The first kappa shape index (κ1) is 24.1. The molecule has 0 bridgehead atoms. The first-order valence-corrected chi connectivity index (χ1v) is 9.86. The van der Waals surface area contributed by atoms with Crippen molar-refractivity contribution in [2.45, 2.75) is 38.7 Å². The quantitative estimate of drug-likeness (QED) is 0.582. The molecule has 164 valence electrons. The third-order valence-corrected chi connectivity index (χ3v) is 5.28. The lowest BCUT2D eigenvalue weighted by molar-refractivity contribution is -0.141. The molecule has 4 nitrogen and oxygen atoms in total. The van der Waals surface area contributed by atoms with E-state index in [4.69, 9.17) is 9.47 Å². The van der Waals surface area contributed by atoms with Crippen molar-refractivity contribution in [2.24, 2.45) is 5.41 Å². The molecule has 0 aliphatic rings. The van der Waals surface area contributed by atoms with E-state index in [1.165, 1.54) is 12.1 Å². The number of hydrogen-bond donors (Lipinski definition) is 1. The van der Waals surface area contributed by atoms with Gasteiger partial charge in [-0.2, -0.15) is 8.78 Å². The van der Waals surface area contributed by atoms with Crippen LogP contribution in [0.1, 0.15) is 42.2 Å². The minimum absolute atomic E-state index is 0.309. The van der Waals surface area contributed by atoms with E-state index in [2.05, 4.69) is 0 Å². The van der Waals surface area contributed by atoms with Gasteiger partial charge in [0, 0.05) is 32.1 Å². The molecule has 6 heteroatoms. The van der Waals surface area contributed by atoms with Crippen LogP contribution in [-0.2, 0) is 33.0 Å². The standard InChI is InChI=1S/C24H30F2O4/c1-17(27)21-9-5-19(6-10-21)13-23(15-29-3,16-30-4)14-20-7-11-22(12-8-20)24(25,26)18(2)28/h5-12,17,27H,13-16H2,1-4H3. The zero-order chi connectivity index (χ0) is 22.4. The molecular formula is C24H30F2O4. The Balaban J connectivity index is 2.28. The van der Waals surface area contributed by atoms with Crippen LogP contribution in [0, 0.1) is 5.41 Å². The number of aliphatic hydroxyl groups excluding tert-OH is 1. The number of ketones is 1. The van der Waals surface area contributed by atoms with Crippen molar-refractivity contribution in [3.8, 4) is 0 Å². The lowest BCUT2D eigenvalue weighted by atomic mass is 9.77. The zero-order valence-corrected chi connectivity index (χ0v) is 18.0. The van der Waals surface area contributed by atoms with Crippen molar-refractivity contribution in [2.75, 3.05) is 27.4 Å². The summed E-state index contributed by atoms with van der Waals surface area (Å²) in [6.07, 6.45) is 0.673. The van der Waals surface area contributed by atoms with Crippen molar-refractivity contribution >= 4 is 5.78 Å². The number of aliphatic hydroxyl groups is 1. The molecular weight excluding hydrogens is 390 g/mol. The number of Topliss-reactive ketones (excluding diaryl/α,β-unsaturated/α-hetero) is 1. The van der Waals surface area contributed by atoms with Crippen LogP contribution < -0.4 is 0 Å². The summed E-state index contributed by atoms with van der Waals surface area (Å²) >= 11 is 0. The maximum Gasteiger partial charge on any atom is 0.330 e. The van der Waals surface area contributed by atoms with Crippen LogP contribution in [0.15, 0.2) is 48.5 Å². The van der Waals surface area contributed by atoms with Crippen LogP contribution >= 0.6 is 0 Å². The number of carbonyl (C=O) groups is 1. The maximum absolute atomic E-state index is 14.0. The van der Waals surface area contributed by atoms with E-state index in [1.807, 2.05) is 24.3 Å². The van der Waals surface area contributed by atoms with Crippen LogP contribution in [0.3, 0.4) is 0 Å². The largest absolute Gasteiger partial charge is 0.389 e. The van der Waals surface area contributed by atoms with Crippen LogP contribution in [0.5, 0.6) is 0 Å². The molecule has 0 heterocycles. The molecule has 0 aromatic heterocycles. The maximum atomic E-state index is 14.0. The molecule has 0 aliphatic carbocycles. The van der Waals surface area contributed by atoms with Gasteiger partial charge in [-0.25, -0.2) is 0 Å². The van der Waals surface area contributed by atoms with Gasteiger partial charge in [0.25, 0.3) is 0 Å². The normalized spacial score (nSPS) is 13.3. The number of alkyl halides is 2. The van der Waals surface area contributed by atoms with E-state index in [1.54, 1.807) is 33.3 Å². The van der Waals surface area contributed by atoms with Gasteiger partial charge in [0.15, 0.2) is 0 Å². The van der Waals surface area contributed by atoms with Gasteiger partial charge in [0.05, 0.1) is 19.3 Å². The lowest BCUT2D eigenvalue weighted by Gasteiger charge is -2.33. The van der Waals surface area contributed by atoms with Gasteiger partial charge in [-0.05, 0) is 36.5 Å². The molecule has 0 radical (unpaired) electrons. The minimum atomic E-state index is -3.49. The van der Waals surface area contributed by atoms with Crippen LogP contribution in [-0.4, -0.2) is 38.3 Å². The van der Waals surface area contributed by atoms with E-state index in [0.29, 0.717) is 26.1 Å². The van der Waals surface area contributed by atoms with Crippen molar-refractivity contribution in [1.82, 2.24) is 0 Å². The van der Waals surface area contributed by atoms with E-state index in [0.717, 1.165) is 23.6 Å². The Bertz CT molecular complexity index is 808. The van der Waals surface area contributed by atoms with Crippen molar-refractivity contribution in [1.29, 1.82) is 0 Å². The van der Waals surface area contributed by atoms with Crippen molar-refractivity contribution in [3.05, 3.63) is 70.8 Å². The Morgan fingerprint density at radius 1 is 0.933 bits per heavy atom. The Kier molecular flexibility index (Phi) is 8.24.